The van der Waals surface area contributed by atoms with Gasteiger partial charge in [0, 0.05) is 6.20 Å². The molecular weight excluding hydrogens is 354 g/mol. The Morgan fingerprint density at radius 2 is 1.52 bits per heavy atom. The molecule has 0 aliphatic carbocycles. The second kappa shape index (κ2) is 8.70. The summed E-state index contributed by atoms with van der Waals surface area (Å²) in [6.07, 6.45) is 6.16. The minimum absolute atomic E-state index is 0.0140. The van der Waals surface area contributed by atoms with E-state index in [4.69, 9.17) is 18.9 Å². The summed E-state index contributed by atoms with van der Waals surface area (Å²) in [6.45, 7) is 0. The first-order chi connectivity index (χ1) is 13.0. The fourth-order valence-corrected chi connectivity index (χ4v) is 2.47. The number of allylic oxidation sites excluding steroid dienone is 2. The van der Waals surface area contributed by atoms with Crippen LogP contribution in [0.2, 0.25) is 0 Å². The van der Waals surface area contributed by atoms with E-state index in [1.54, 1.807) is 18.2 Å². The average molecular weight is 373 g/mol. The Labute approximate surface area is 156 Å². The summed E-state index contributed by atoms with van der Waals surface area (Å²) >= 11 is 0. The van der Waals surface area contributed by atoms with Gasteiger partial charge in [0.05, 0.1) is 45.3 Å². The van der Waals surface area contributed by atoms with E-state index < -0.39 is 17.9 Å². The van der Waals surface area contributed by atoms with Gasteiger partial charge in [-0.2, -0.15) is 0 Å². The fraction of sp³-hybridized carbons (Fsp3) is 0.211. The normalized spacial score (nSPS) is 13.1. The fourth-order valence-electron chi connectivity index (χ4n) is 2.47. The molecule has 0 saturated heterocycles. The number of methoxy groups -OCH3 is 4. The van der Waals surface area contributed by atoms with Crippen LogP contribution in [0.25, 0.3) is 0 Å². The maximum absolute atomic E-state index is 12.5. The van der Waals surface area contributed by atoms with Gasteiger partial charge >= 0.3 is 17.9 Å². The molecule has 0 unspecified atom stereocenters. The molecule has 1 aromatic rings. The topological polar surface area (TPSA) is 91.4 Å². The zero-order chi connectivity index (χ0) is 20.0. The summed E-state index contributed by atoms with van der Waals surface area (Å²) in [7, 11) is 5.11. The smallest absolute Gasteiger partial charge is 0.355 e. The first-order valence-electron chi connectivity index (χ1n) is 7.79. The van der Waals surface area contributed by atoms with Crippen LogP contribution in [-0.2, 0) is 23.8 Å². The molecule has 0 bridgehead atoms. The third-order valence-corrected chi connectivity index (χ3v) is 3.75. The van der Waals surface area contributed by atoms with Crippen LogP contribution < -0.4 is 9.64 Å². The lowest BCUT2D eigenvalue weighted by molar-refractivity contribution is -0.139. The van der Waals surface area contributed by atoms with Crippen molar-refractivity contribution in [3.8, 4) is 5.75 Å². The van der Waals surface area contributed by atoms with Gasteiger partial charge in [-0.15, -0.1) is 0 Å². The Balaban J connectivity index is 2.75. The standard InChI is InChI=1S/C19H19NO7/c1-24-15-9-8-12(17(21)25-2)11-14(15)20-10-6-5-7-13(18(22)26-3)16(20)19(23)27-4/h5-11H,1-4H3. The van der Waals surface area contributed by atoms with Gasteiger partial charge in [-0.25, -0.2) is 14.4 Å². The highest BCUT2D eigenvalue weighted by atomic mass is 16.5. The number of esters is 3. The lowest BCUT2D eigenvalue weighted by atomic mass is 10.1. The molecule has 1 aromatic carbocycles. The van der Waals surface area contributed by atoms with Gasteiger partial charge in [0.1, 0.15) is 11.4 Å². The number of nitrogens with zero attached hydrogens (tertiary/aromatic N) is 1. The van der Waals surface area contributed by atoms with Crippen molar-refractivity contribution in [3.63, 3.8) is 0 Å². The molecule has 1 aliphatic heterocycles. The van der Waals surface area contributed by atoms with E-state index in [0.29, 0.717) is 11.4 Å². The van der Waals surface area contributed by atoms with E-state index in [-0.39, 0.29) is 16.8 Å². The Hall–Kier alpha value is -3.55. The highest BCUT2D eigenvalue weighted by Crippen LogP contribution is 2.35. The van der Waals surface area contributed by atoms with Crippen molar-refractivity contribution in [2.75, 3.05) is 33.3 Å². The van der Waals surface area contributed by atoms with Gasteiger partial charge < -0.3 is 23.8 Å². The lowest BCUT2D eigenvalue weighted by Crippen LogP contribution is -2.27. The van der Waals surface area contributed by atoms with Crippen LogP contribution in [0.1, 0.15) is 10.4 Å². The molecule has 0 amide bonds. The molecule has 0 aromatic heterocycles. The molecular formula is C19H19NO7. The molecule has 1 heterocycles. The molecule has 27 heavy (non-hydrogen) atoms. The first-order valence-corrected chi connectivity index (χ1v) is 7.79. The van der Waals surface area contributed by atoms with Gasteiger partial charge in [-0.05, 0) is 30.4 Å². The number of anilines is 1. The van der Waals surface area contributed by atoms with E-state index in [0.717, 1.165) is 0 Å². The molecule has 0 radical (unpaired) electrons. The Kier molecular flexibility index (Phi) is 6.37. The van der Waals surface area contributed by atoms with Crippen LogP contribution in [0.3, 0.4) is 0 Å². The third-order valence-electron chi connectivity index (χ3n) is 3.75. The summed E-state index contributed by atoms with van der Waals surface area (Å²) in [5, 5.41) is 0. The Bertz CT molecular complexity index is 852. The summed E-state index contributed by atoms with van der Waals surface area (Å²) < 4.78 is 19.7. The predicted molar refractivity (Wildman–Crippen MR) is 96.2 cm³/mol. The number of ether oxygens (including phenoxy) is 4. The minimum Gasteiger partial charge on any atom is -0.495 e. The summed E-state index contributed by atoms with van der Waals surface area (Å²) in [6, 6.07) is 4.56. The molecule has 1 aliphatic rings. The second-order valence-corrected chi connectivity index (χ2v) is 5.19. The van der Waals surface area contributed by atoms with Crippen molar-refractivity contribution in [2.45, 2.75) is 0 Å². The maximum atomic E-state index is 12.5. The van der Waals surface area contributed by atoms with E-state index in [2.05, 4.69) is 0 Å². The van der Waals surface area contributed by atoms with Crippen molar-refractivity contribution >= 4 is 23.6 Å². The molecule has 142 valence electrons. The number of carbonyl (C=O) groups excluding carboxylic acids is 3. The quantitative estimate of drug-likeness (QED) is 0.571. The molecule has 0 spiro atoms. The Morgan fingerprint density at radius 3 is 2.11 bits per heavy atom. The van der Waals surface area contributed by atoms with Crippen molar-refractivity contribution in [2.24, 2.45) is 0 Å². The summed E-state index contributed by atoms with van der Waals surface area (Å²) in [5.41, 5.74) is 0.472. The first kappa shape index (κ1) is 19.8. The molecule has 2 rings (SSSR count). The van der Waals surface area contributed by atoms with Crippen molar-refractivity contribution in [3.05, 3.63) is 59.5 Å². The second-order valence-electron chi connectivity index (χ2n) is 5.19. The average Bonchev–Trinajstić information content (AvgIpc) is 2.94. The number of rotatable bonds is 5. The zero-order valence-electron chi connectivity index (χ0n) is 15.3. The van der Waals surface area contributed by atoms with Crippen molar-refractivity contribution in [1.82, 2.24) is 0 Å². The van der Waals surface area contributed by atoms with Crippen LogP contribution in [0, 0.1) is 0 Å². The summed E-state index contributed by atoms with van der Waals surface area (Å²) in [5.74, 6) is -1.69. The van der Waals surface area contributed by atoms with Gasteiger partial charge in [0.25, 0.3) is 0 Å². The number of benzene rings is 1. The highest BCUT2D eigenvalue weighted by Gasteiger charge is 2.29. The van der Waals surface area contributed by atoms with Gasteiger partial charge in [-0.3, -0.25) is 0 Å². The van der Waals surface area contributed by atoms with Crippen LogP contribution in [-0.4, -0.2) is 46.3 Å². The number of hydrogen-bond donors (Lipinski definition) is 0. The van der Waals surface area contributed by atoms with Gasteiger partial charge in [0.2, 0.25) is 0 Å². The third kappa shape index (κ3) is 4.00. The zero-order valence-corrected chi connectivity index (χ0v) is 15.3. The molecule has 0 N–H and O–H groups in total. The predicted octanol–water partition coefficient (Wildman–Crippen LogP) is 1.97. The molecule has 0 saturated carbocycles. The molecule has 0 atom stereocenters. The molecule has 8 nitrogen and oxygen atoms in total. The molecule has 0 fully saturated rings. The minimum atomic E-state index is -0.767. The summed E-state index contributed by atoms with van der Waals surface area (Å²) in [4.78, 5) is 38.0. The van der Waals surface area contributed by atoms with Crippen molar-refractivity contribution < 1.29 is 33.3 Å². The van der Waals surface area contributed by atoms with Crippen LogP contribution in [0.5, 0.6) is 5.75 Å². The molecule has 8 heteroatoms. The maximum Gasteiger partial charge on any atom is 0.355 e. The van der Waals surface area contributed by atoms with Crippen molar-refractivity contribution in [1.29, 1.82) is 0 Å². The van der Waals surface area contributed by atoms with Gasteiger partial charge in [-0.1, -0.05) is 6.08 Å². The number of hydrogen-bond acceptors (Lipinski definition) is 8. The van der Waals surface area contributed by atoms with Gasteiger partial charge in [0.15, 0.2) is 0 Å². The van der Waals surface area contributed by atoms with Crippen LogP contribution in [0.15, 0.2) is 53.9 Å². The SMILES string of the molecule is COC(=O)C1=C(C(=O)OC)N(c2cc(C(=O)OC)ccc2OC)C=CC=C1. The largest absolute Gasteiger partial charge is 0.495 e. The van der Waals surface area contributed by atoms with E-state index >= 15 is 0 Å². The van der Waals surface area contributed by atoms with E-state index in [1.807, 2.05) is 0 Å². The van der Waals surface area contributed by atoms with Crippen LogP contribution in [0.4, 0.5) is 5.69 Å². The van der Waals surface area contributed by atoms with E-state index in [9.17, 15) is 14.4 Å². The van der Waals surface area contributed by atoms with Crippen LogP contribution >= 0.6 is 0 Å². The highest BCUT2D eigenvalue weighted by molar-refractivity contribution is 6.06. The monoisotopic (exact) mass is 373 g/mol. The number of carbonyl (C=O) groups is 3. The Morgan fingerprint density at radius 1 is 0.852 bits per heavy atom. The lowest BCUT2D eigenvalue weighted by Gasteiger charge is -2.25. The van der Waals surface area contributed by atoms with E-state index in [1.165, 1.54) is 57.7 Å².